The maximum absolute atomic E-state index is 13.4. The van der Waals surface area contributed by atoms with Gasteiger partial charge in [0.15, 0.2) is 5.82 Å². The molecule has 1 aliphatic heterocycles. The number of aromatic nitrogens is 4. The number of halogens is 1. The zero-order chi connectivity index (χ0) is 20.9. The molecule has 0 aliphatic carbocycles. The van der Waals surface area contributed by atoms with E-state index in [0.29, 0.717) is 48.3 Å². The van der Waals surface area contributed by atoms with Crippen molar-refractivity contribution in [3.8, 4) is 28.7 Å². The summed E-state index contributed by atoms with van der Waals surface area (Å²) in [6, 6.07) is 8.07. The summed E-state index contributed by atoms with van der Waals surface area (Å²) in [5.74, 6) is 0.0741. The lowest BCUT2D eigenvalue weighted by molar-refractivity contribution is -0.213. The van der Waals surface area contributed by atoms with Crippen LogP contribution in [0.2, 0.25) is 0 Å². The van der Waals surface area contributed by atoms with Gasteiger partial charge < -0.3 is 24.3 Å². The summed E-state index contributed by atoms with van der Waals surface area (Å²) in [6.07, 6.45) is 1.76. The monoisotopic (exact) mass is 414 g/mol. The van der Waals surface area contributed by atoms with Crippen LogP contribution in [0.1, 0.15) is 25.5 Å². The summed E-state index contributed by atoms with van der Waals surface area (Å²) < 4.78 is 30.4. The van der Waals surface area contributed by atoms with E-state index in [0.717, 1.165) is 6.42 Å². The second-order valence-corrected chi connectivity index (χ2v) is 6.97. The fourth-order valence-corrected chi connectivity index (χ4v) is 3.05. The number of rotatable bonds is 7. The normalized spacial score (nSPS) is 19.0. The molecule has 0 unspecified atom stereocenters. The van der Waals surface area contributed by atoms with Crippen LogP contribution >= 0.6 is 0 Å². The van der Waals surface area contributed by atoms with Gasteiger partial charge in [-0.3, -0.25) is 0 Å². The van der Waals surface area contributed by atoms with E-state index in [9.17, 15) is 9.50 Å². The number of nitrogens with zero attached hydrogens (tertiary/aromatic N) is 3. The van der Waals surface area contributed by atoms with Gasteiger partial charge in [-0.15, -0.1) is 0 Å². The van der Waals surface area contributed by atoms with Crippen LogP contribution in [-0.4, -0.2) is 51.5 Å². The highest BCUT2D eigenvalue weighted by Gasteiger charge is 2.27. The molecule has 0 radical (unpaired) electrons. The highest BCUT2D eigenvalue weighted by Crippen LogP contribution is 2.33. The van der Waals surface area contributed by atoms with Gasteiger partial charge in [0.2, 0.25) is 6.29 Å². The Bertz CT molecular complexity index is 971. The van der Waals surface area contributed by atoms with E-state index in [1.54, 1.807) is 24.4 Å². The lowest BCUT2D eigenvalue weighted by Crippen LogP contribution is -2.29. The van der Waals surface area contributed by atoms with Gasteiger partial charge in [-0.1, -0.05) is 6.92 Å². The first-order valence-electron chi connectivity index (χ1n) is 9.84. The number of nitrogens with one attached hydrogen (secondary N) is 1. The van der Waals surface area contributed by atoms with Gasteiger partial charge in [-0.2, -0.15) is 4.98 Å². The Morgan fingerprint density at radius 3 is 2.63 bits per heavy atom. The van der Waals surface area contributed by atoms with Crippen LogP contribution < -0.4 is 4.74 Å². The van der Waals surface area contributed by atoms with E-state index in [-0.39, 0.29) is 24.4 Å². The van der Waals surface area contributed by atoms with Crippen LogP contribution in [0.4, 0.5) is 4.39 Å². The minimum absolute atomic E-state index is 0.00156. The number of H-pyrrole nitrogens is 1. The molecule has 3 heterocycles. The van der Waals surface area contributed by atoms with E-state index in [1.807, 2.05) is 6.92 Å². The second kappa shape index (κ2) is 9.29. The van der Waals surface area contributed by atoms with Crippen molar-refractivity contribution in [2.75, 3.05) is 26.4 Å². The number of hydrogen-bond acceptors (Lipinski definition) is 7. The molecule has 0 saturated carbocycles. The molecule has 158 valence electrons. The first-order chi connectivity index (χ1) is 14.7. The van der Waals surface area contributed by atoms with Crippen LogP contribution in [0.25, 0.3) is 22.6 Å². The largest absolute Gasteiger partial charge is 0.463 e. The molecule has 0 bridgehead atoms. The molecule has 1 aromatic carbocycles. The molecule has 0 spiro atoms. The minimum atomic E-state index is -0.696. The van der Waals surface area contributed by atoms with E-state index in [2.05, 4.69) is 19.9 Å². The summed E-state index contributed by atoms with van der Waals surface area (Å²) >= 11 is 0. The van der Waals surface area contributed by atoms with Crippen molar-refractivity contribution in [2.24, 2.45) is 5.92 Å². The molecule has 30 heavy (non-hydrogen) atoms. The number of aliphatic hydroxyl groups excluding tert-OH is 1. The molecule has 2 aromatic heterocycles. The molecule has 0 amide bonds. The fourth-order valence-electron chi connectivity index (χ4n) is 3.05. The number of aliphatic hydroxyl groups is 1. The Morgan fingerprint density at radius 1 is 1.17 bits per heavy atom. The van der Waals surface area contributed by atoms with E-state index >= 15 is 0 Å². The predicted octanol–water partition coefficient (Wildman–Crippen LogP) is 3.12. The van der Waals surface area contributed by atoms with Crippen molar-refractivity contribution in [2.45, 2.75) is 19.6 Å². The number of imidazole rings is 1. The van der Waals surface area contributed by atoms with E-state index < -0.39 is 6.29 Å². The number of ether oxygens (including phenoxy) is 3. The lowest BCUT2D eigenvalue weighted by atomic mass is 10.1. The smallest absolute Gasteiger partial charge is 0.316 e. The van der Waals surface area contributed by atoms with Gasteiger partial charge in [0.05, 0.1) is 43.5 Å². The summed E-state index contributed by atoms with van der Waals surface area (Å²) in [6.45, 7) is 3.25. The van der Waals surface area contributed by atoms with Crippen molar-refractivity contribution in [3.05, 3.63) is 48.2 Å². The van der Waals surface area contributed by atoms with Crippen LogP contribution in [0.5, 0.6) is 6.01 Å². The highest BCUT2D eigenvalue weighted by molar-refractivity contribution is 5.76. The quantitative estimate of drug-likeness (QED) is 0.612. The Kier molecular flexibility index (Phi) is 6.32. The third kappa shape index (κ3) is 4.48. The standard InChI is InChI=1S/C21H23FN4O4/c1-2-9-28-21-23-8-7-16(24-21)18-17(14-3-5-15(22)6-4-14)25-19(26-18)20-29-11-13(10-27)12-30-20/h3-8,13,20,27H,2,9-12H2,1H3,(H,25,26). The molecule has 1 fully saturated rings. The van der Waals surface area contributed by atoms with Gasteiger partial charge in [-0.25, -0.2) is 14.4 Å². The molecule has 9 heteroatoms. The van der Waals surface area contributed by atoms with Gasteiger partial charge in [0, 0.05) is 17.7 Å². The molecule has 1 saturated heterocycles. The highest BCUT2D eigenvalue weighted by atomic mass is 19.1. The minimum Gasteiger partial charge on any atom is -0.463 e. The summed E-state index contributed by atoms with van der Waals surface area (Å²) in [7, 11) is 0. The van der Waals surface area contributed by atoms with Crippen molar-refractivity contribution in [1.82, 2.24) is 19.9 Å². The topological polar surface area (TPSA) is 102 Å². The first-order valence-corrected chi connectivity index (χ1v) is 9.84. The van der Waals surface area contributed by atoms with Crippen LogP contribution in [0.15, 0.2) is 36.5 Å². The summed E-state index contributed by atoms with van der Waals surface area (Å²) in [4.78, 5) is 16.5. The lowest BCUT2D eigenvalue weighted by Gasteiger charge is -2.26. The summed E-state index contributed by atoms with van der Waals surface area (Å²) in [5, 5.41) is 9.26. The van der Waals surface area contributed by atoms with E-state index in [4.69, 9.17) is 14.2 Å². The predicted molar refractivity (Wildman–Crippen MR) is 106 cm³/mol. The molecule has 2 N–H and O–H groups in total. The van der Waals surface area contributed by atoms with Crippen LogP contribution in [0, 0.1) is 11.7 Å². The maximum Gasteiger partial charge on any atom is 0.316 e. The van der Waals surface area contributed by atoms with Crippen LogP contribution in [-0.2, 0) is 9.47 Å². The molecular formula is C21H23FN4O4. The molecule has 3 aromatic rings. The molecule has 0 atom stereocenters. The Labute approximate surface area is 173 Å². The van der Waals surface area contributed by atoms with Gasteiger partial charge in [0.25, 0.3) is 0 Å². The first kappa shape index (κ1) is 20.4. The molecular weight excluding hydrogens is 391 g/mol. The molecule has 4 rings (SSSR count). The average molecular weight is 414 g/mol. The van der Waals surface area contributed by atoms with Gasteiger partial charge in [-0.05, 0) is 36.8 Å². The van der Waals surface area contributed by atoms with Crippen LogP contribution in [0.3, 0.4) is 0 Å². The van der Waals surface area contributed by atoms with Gasteiger partial charge >= 0.3 is 6.01 Å². The SMILES string of the molecule is CCCOc1nccc(-c2[nH]c(C3OCC(CO)CO3)nc2-c2ccc(F)cc2)n1. The summed E-state index contributed by atoms with van der Waals surface area (Å²) in [5.41, 5.74) is 2.50. The third-order valence-electron chi connectivity index (χ3n) is 4.61. The Hall–Kier alpha value is -2.88. The van der Waals surface area contributed by atoms with Crippen molar-refractivity contribution in [1.29, 1.82) is 0 Å². The van der Waals surface area contributed by atoms with Crippen molar-refractivity contribution in [3.63, 3.8) is 0 Å². The van der Waals surface area contributed by atoms with Gasteiger partial charge in [0.1, 0.15) is 5.82 Å². The molecule has 8 nitrogen and oxygen atoms in total. The average Bonchev–Trinajstić information content (AvgIpc) is 3.24. The zero-order valence-electron chi connectivity index (χ0n) is 16.5. The van der Waals surface area contributed by atoms with Crippen molar-refractivity contribution >= 4 is 0 Å². The number of benzene rings is 1. The molecule has 1 aliphatic rings. The Morgan fingerprint density at radius 2 is 1.93 bits per heavy atom. The fraction of sp³-hybridized carbons (Fsp3) is 0.381. The van der Waals surface area contributed by atoms with E-state index in [1.165, 1.54) is 12.1 Å². The Balaban J connectivity index is 1.71. The zero-order valence-corrected chi connectivity index (χ0v) is 16.5. The number of hydrogen-bond donors (Lipinski definition) is 2. The third-order valence-corrected chi connectivity index (χ3v) is 4.61. The maximum atomic E-state index is 13.4. The van der Waals surface area contributed by atoms with Crippen molar-refractivity contribution < 1.29 is 23.7 Å². The second-order valence-electron chi connectivity index (χ2n) is 6.97. The number of aromatic amines is 1.